The zero-order chi connectivity index (χ0) is 12.3. The first-order valence-corrected chi connectivity index (χ1v) is 5.39. The maximum atomic E-state index is 12.6. The summed E-state index contributed by atoms with van der Waals surface area (Å²) in [7, 11) is 0. The van der Waals surface area contributed by atoms with Gasteiger partial charge in [-0.25, -0.2) is 18.6 Å². The van der Waals surface area contributed by atoms with E-state index >= 15 is 0 Å². The Morgan fingerprint density at radius 2 is 2.25 bits per heavy atom. The quantitative estimate of drug-likeness (QED) is 0.634. The first-order valence-electron chi connectivity index (χ1n) is 4.59. The fourth-order valence-electron chi connectivity index (χ4n) is 1.23. The van der Waals surface area contributed by atoms with Crippen LogP contribution in [0, 0.1) is 6.92 Å². The molecule has 3 nitrogen and oxygen atoms in total. The SMILES string of the molecule is CCOC(=O)c1cc(Br)nc(C(F)F)c1C. The fourth-order valence-corrected chi connectivity index (χ4v) is 1.65. The van der Waals surface area contributed by atoms with Crippen LogP contribution in [0.1, 0.15) is 35.0 Å². The fraction of sp³-hybridized carbons (Fsp3) is 0.400. The highest BCUT2D eigenvalue weighted by atomic mass is 79.9. The Labute approximate surface area is 99.9 Å². The van der Waals surface area contributed by atoms with Gasteiger partial charge in [0.1, 0.15) is 10.3 Å². The van der Waals surface area contributed by atoms with E-state index in [0.717, 1.165) is 0 Å². The summed E-state index contributed by atoms with van der Waals surface area (Å²) in [5, 5.41) is 0. The Bertz CT molecular complexity index is 410. The maximum absolute atomic E-state index is 12.6. The molecule has 0 aromatic carbocycles. The molecular weight excluding hydrogens is 284 g/mol. The van der Waals surface area contributed by atoms with Gasteiger partial charge in [-0.3, -0.25) is 0 Å². The number of carbonyl (C=O) groups excluding carboxylic acids is 1. The van der Waals surface area contributed by atoms with E-state index in [4.69, 9.17) is 4.74 Å². The van der Waals surface area contributed by atoms with E-state index in [1.165, 1.54) is 13.0 Å². The molecule has 0 amide bonds. The molecule has 0 aliphatic rings. The molecule has 0 radical (unpaired) electrons. The first kappa shape index (κ1) is 13.0. The summed E-state index contributed by atoms with van der Waals surface area (Å²) >= 11 is 2.98. The summed E-state index contributed by atoms with van der Waals surface area (Å²) in [5.74, 6) is -0.620. The third kappa shape index (κ3) is 2.75. The zero-order valence-corrected chi connectivity index (χ0v) is 10.3. The largest absolute Gasteiger partial charge is 0.462 e. The van der Waals surface area contributed by atoms with E-state index < -0.39 is 18.1 Å². The molecule has 0 bridgehead atoms. The van der Waals surface area contributed by atoms with Crippen LogP contribution >= 0.6 is 15.9 Å². The van der Waals surface area contributed by atoms with E-state index in [9.17, 15) is 13.6 Å². The summed E-state index contributed by atoms with van der Waals surface area (Å²) in [4.78, 5) is 15.1. The van der Waals surface area contributed by atoms with Crippen LogP contribution in [0.3, 0.4) is 0 Å². The Kier molecular flexibility index (Phi) is 4.35. The topological polar surface area (TPSA) is 39.2 Å². The van der Waals surface area contributed by atoms with Gasteiger partial charge in [-0.1, -0.05) is 0 Å². The Balaban J connectivity index is 3.24. The Morgan fingerprint density at radius 3 is 2.75 bits per heavy atom. The lowest BCUT2D eigenvalue weighted by molar-refractivity contribution is 0.0524. The molecule has 1 aromatic heterocycles. The van der Waals surface area contributed by atoms with E-state index in [0.29, 0.717) is 0 Å². The number of esters is 1. The smallest absolute Gasteiger partial charge is 0.338 e. The van der Waals surface area contributed by atoms with Crippen molar-refractivity contribution in [1.29, 1.82) is 0 Å². The second-order valence-corrected chi connectivity index (χ2v) is 3.84. The van der Waals surface area contributed by atoms with Crippen molar-refractivity contribution >= 4 is 21.9 Å². The van der Waals surface area contributed by atoms with Gasteiger partial charge in [-0.05, 0) is 41.4 Å². The average molecular weight is 294 g/mol. The molecule has 6 heteroatoms. The first-order chi connectivity index (χ1) is 7.47. The summed E-state index contributed by atoms with van der Waals surface area (Å²) in [6.45, 7) is 3.27. The molecule has 0 spiro atoms. The molecule has 0 atom stereocenters. The summed E-state index contributed by atoms with van der Waals surface area (Å²) in [6, 6.07) is 1.37. The highest BCUT2D eigenvalue weighted by Crippen LogP contribution is 2.26. The van der Waals surface area contributed by atoms with Gasteiger partial charge in [0.15, 0.2) is 0 Å². The molecule has 0 saturated carbocycles. The van der Waals surface area contributed by atoms with Crippen LogP contribution in [0.15, 0.2) is 10.7 Å². The van der Waals surface area contributed by atoms with E-state index in [1.54, 1.807) is 6.92 Å². The zero-order valence-electron chi connectivity index (χ0n) is 8.76. The lowest BCUT2D eigenvalue weighted by atomic mass is 10.1. The highest BCUT2D eigenvalue weighted by molar-refractivity contribution is 9.10. The van der Waals surface area contributed by atoms with Gasteiger partial charge in [-0.15, -0.1) is 0 Å². The number of alkyl halides is 2. The average Bonchev–Trinajstić information content (AvgIpc) is 2.20. The third-order valence-electron chi connectivity index (χ3n) is 1.98. The normalized spacial score (nSPS) is 10.6. The van der Waals surface area contributed by atoms with Crippen molar-refractivity contribution in [2.45, 2.75) is 20.3 Å². The maximum Gasteiger partial charge on any atom is 0.338 e. The van der Waals surface area contributed by atoms with Crippen molar-refractivity contribution in [3.05, 3.63) is 27.5 Å². The third-order valence-corrected chi connectivity index (χ3v) is 2.39. The number of rotatable bonds is 3. The van der Waals surface area contributed by atoms with Crippen LogP contribution in [0.2, 0.25) is 0 Å². The molecule has 1 rings (SSSR count). The Hall–Kier alpha value is -1.04. The number of pyridine rings is 1. The van der Waals surface area contributed by atoms with Crippen molar-refractivity contribution in [2.24, 2.45) is 0 Å². The molecular formula is C10H10BrF2NO2. The second kappa shape index (κ2) is 5.34. The second-order valence-electron chi connectivity index (χ2n) is 3.02. The summed E-state index contributed by atoms with van der Waals surface area (Å²) < 4.78 is 30.2. The molecule has 0 aliphatic heterocycles. The number of ether oxygens (including phenoxy) is 1. The number of aromatic nitrogens is 1. The predicted octanol–water partition coefficient (Wildman–Crippen LogP) is 3.27. The minimum absolute atomic E-state index is 0.110. The van der Waals surface area contributed by atoms with Crippen LogP contribution in [0.5, 0.6) is 0 Å². The van der Waals surface area contributed by atoms with Crippen LogP contribution in [-0.2, 0) is 4.74 Å². The van der Waals surface area contributed by atoms with Crippen LogP contribution in [-0.4, -0.2) is 17.6 Å². The highest BCUT2D eigenvalue weighted by Gasteiger charge is 2.20. The van der Waals surface area contributed by atoms with Crippen molar-refractivity contribution in [1.82, 2.24) is 4.98 Å². The lowest BCUT2D eigenvalue weighted by Crippen LogP contribution is -2.10. The van der Waals surface area contributed by atoms with Gasteiger partial charge in [-0.2, -0.15) is 0 Å². The van der Waals surface area contributed by atoms with Crippen molar-refractivity contribution in [3.8, 4) is 0 Å². The molecule has 0 saturated heterocycles. The van der Waals surface area contributed by atoms with Gasteiger partial charge < -0.3 is 4.74 Å². The lowest BCUT2D eigenvalue weighted by Gasteiger charge is -2.10. The van der Waals surface area contributed by atoms with Crippen molar-refractivity contribution in [2.75, 3.05) is 6.61 Å². The van der Waals surface area contributed by atoms with Crippen molar-refractivity contribution < 1.29 is 18.3 Å². The molecule has 0 N–H and O–H groups in total. The van der Waals surface area contributed by atoms with Gasteiger partial charge in [0.05, 0.1) is 12.2 Å². The molecule has 0 fully saturated rings. The number of halogens is 3. The standard InChI is InChI=1S/C10H10BrF2NO2/c1-3-16-10(15)6-4-7(11)14-8(5(6)2)9(12)13/h4,9H,3H2,1-2H3. The molecule has 0 unspecified atom stereocenters. The number of hydrogen-bond acceptors (Lipinski definition) is 3. The number of hydrogen-bond donors (Lipinski definition) is 0. The number of carbonyl (C=O) groups is 1. The number of nitrogens with zero attached hydrogens (tertiary/aromatic N) is 1. The van der Waals surface area contributed by atoms with Gasteiger partial charge in [0.25, 0.3) is 6.43 Å². The Morgan fingerprint density at radius 1 is 1.62 bits per heavy atom. The minimum Gasteiger partial charge on any atom is -0.462 e. The van der Waals surface area contributed by atoms with Crippen molar-refractivity contribution in [3.63, 3.8) is 0 Å². The molecule has 1 aromatic rings. The van der Waals surface area contributed by atoms with Gasteiger partial charge in [0.2, 0.25) is 0 Å². The van der Waals surface area contributed by atoms with Crippen LogP contribution in [0.4, 0.5) is 8.78 Å². The molecule has 1 heterocycles. The van der Waals surface area contributed by atoms with Gasteiger partial charge >= 0.3 is 5.97 Å². The summed E-state index contributed by atoms with van der Waals surface area (Å²) in [5.41, 5.74) is -0.145. The molecule has 88 valence electrons. The van der Waals surface area contributed by atoms with Gasteiger partial charge in [0, 0.05) is 0 Å². The predicted molar refractivity (Wildman–Crippen MR) is 57.6 cm³/mol. The monoisotopic (exact) mass is 293 g/mol. The van der Waals surface area contributed by atoms with E-state index in [1.807, 2.05) is 0 Å². The summed E-state index contributed by atoms with van der Waals surface area (Å²) in [6.07, 6.45) is -2.72. The molecule has 16 heavy (non-hydrogen) atoms. The minimum atomic E-state index is -2.72. The van der Waals surface area contributed by atoms with E-state index in [2.05, 4.69) is 20.9 Å². The molecule has 0 aliphatic carbocycles. The van der Waals surface area contributed by atoms with Crippen LogP contribution in [0.25, 0.3) is 0 Å². The van der Waals surface area contributed by atoms with Crippen LogP contribution < -0.4 is 0 Å². The van der Waals surface area contributed by atoms with E-state index in [-0.39, 0.29) is 22.3 Å².